The van der Waals surface area contributed by atoms with Crippen molar-refractivity contribution in [3.63, 3.8) is 0 Å². The van der Waals surface area contributed by atoms with E-state index in [1.165, 1.54) is 16.6 Å². The van der Waals surface area contributed by atoms with Crippen molar-refractivity contribution in [3.8, 4) is 11.5 Å². The second-order valence-corrected chi connectivity index (χ2v) is 9.74. The van der Waals surface area contributed by atoms with Crippen LogP contribution in [-0.2, 0) is 10.0 Å². The van der Waals surface area contributed by atoms with Crippen LogP contribution < -0.4 is 14.8 Å². The largest absolute Gasteiger partial charge is 0.448 e. The van der Waals surface area contributed by atoms with Crippen LogP contribution in [0.15, 0.2) is 35.4 Å². The molecule has 2 N–H and O–H groups in total. The highest BCUT2D eigenvalue weighted by Gasteiger charge is 2.44. The third-order valence-electron chi connectivity index (χ3n) is 5.76. The predicted octanol–water partition coefficient (Wildman–Crippen LogP) is 3.09. The number of nitrogens with zero attached hydrogens (tertiary/aromatic N) is 1. The number of rotatable bonds is 4. The van der Waals surface area contributed by atoms with Gasteiger partial charge in [0.1, 0.15) is 10.6 Å². The fraction of sp³-hybridized carbons (Fsp3) is 0.450. The number of amides is 1. The van der Waals surface area contributed by atoms with E-state index >= 15 is 0 Å². The maximum Gasteiger partial charge on any atom is 0.272 e. The number of carbonyl (C=O) groups excluding carboxylic acids is 1. The molecule has 8 nitrogen and oxygen atoms in total. The summed E-state index contributed by atoms with van der Waals surface area (Å²) in [5.74, 6) is 0.336. The SMILES string of the molecule is O=C(Nc1ccc2c(c1)OC1(CCCC1)O2)c1cc(S(=O)(=O)N2CCCC2)c[nH]1. The molecule has 9 heteroatoms. The second kappa shape index (κ2) is 6.77. The lowest BCUT2D eigenvalue weighted by Gasteiger charge is -2.21. The molecule has 3 heterocycles. The minimum absolute atomic E-state index is 0.110. The van der Waals surface area contributed by atoms with Crippen molar-refractivity contribution in [3.05, 3.63) is 36.2 Å². The van der Waals surface area contributed by atoms with Gasteiger partial charge in [0, 0.05) is 43.9 Å². The minimum atomic E-state index is -3.56. The zero-order chi connectivity index (χ0) is 20.1. The van der Waals surface area contributed by atoms with Gasteiger partial charge < -0.3 is 19.8 Å². The van der Waals surface area contributed by atoms with Gasteiger partial charge >= 0.3 is 0 Å². The Morgan fingerprint density at radius 1 is 1.03 bits per heavy atom. The molecule has 2 fully saturated rings. The van der Waals surface area contributed by atoms with Gasteiger partial charge in [0.2, 0.25) is 10.0 Å². The Balaban J connectivity index is 1.30. The lowest BCUT2D eigenvalue weighted by Crippen LogP contribution is -2.34. The van der Waals surface area contributed by atoms with E-state index in [0.29, 0.717) is 30.3 Å². The molecular formula is C20H23N3O5S. The molecule has 0 unspecified atom stereocenters. The van der Waals surface area contributed by atoms with Gasteiger partial charge in [-0.25, -0.2) is 8.42 Å². The van der Waals surface area contributed by atoms with Gasteiger partial charge in [0.25, 0.3) is 11.7 Å². The first-order chi connectivity index (χ1) is 14.0. The van der Waals surface area contributed by atoms with Crippen molar-refractivity contribution >= 4 is 21.6 Å². The Labute approximate surface area is 169 Å². The molecule has 0 radical (unpaired) electrons. The summed E-state index contributed by atoms with van der Waals surface area (Å²) in [6.07, 6.45) is 6.97. The van der Waals surface area contributed by atoms with Gasteiger partial charge in [0.15, 0.2) is 11.5 Å². The summed E-state index contributed by atoms with van der Waals surface area (Å²) in [5.41, 5.74) is 0.749. The summed E-state index contributed by atoms with van der Waals surface area (Å²) in [5, 5.41) is 2.79. The Kier molecular flexibility index (Phi) is 4.32. The number of anilines is 1. The van der Waals surface area contributed by atoms with Gasteiger partial charge in [-0.1, -0.05) is 0 Å². The number of benzene rings is 1. The summed E-state index contributed by atoms with van der Waals surface area (Å²) in [6, 6.07) is 6.66. The summed E-state index contributed by atoms with van der Waals surface area (Å²) < 4.78 is 38.7. The van der Waals surface area contributed by atoms with Crippen LogP contribution in [0.1, 0.15) is 49.0 Å². The normalized spacial score (nSPS) is 20.4. The molecule has 0 atom stereocenters. The maximum absolute atomic E-state index is 12.6. The number of H-pyrrole nitrogens is 1. The highest BCUT2D eigenvalue weighted by molar-refractivity contribution is 7.89. The van der Waals surface area contributed by atoms with E-state index in [1.807, 2.05) is 0 Å². The molecular weight excluding hydrogens is 394 g/mol. The van der Waals surface area contributed by atoms with Crippen molar-refractivity contribution < 1.29 is 22.7 Å². The van der Waals surface area contributed by atoms with E-state index in [4.69, 9.17) is 9.47 Å². The molecule has 1 aromatic carbocycles. The van der Waals surface area contributed by atoms with Crippen molar-refractivity contribution in [2.45, 2.75) is 49.2 Å². The molecule has 0 bridgehead atoms. The maximum atomic E-state index is 12.6. The van der Waals surface area contributed by atoms with Gasteiger partial charge in [-0.3, -0.25) is 4.79 Å². The Morgan fingerprint density at radius 2 is 1.76 bits per heavy atom. The average Bonchev–Trinajstić information content (AvgIpc) is 3.49. The Bertz CT molecular complexity index is 1050. The smallest absolute Gasteiger partial charge is 0.272 e. The average molecular weight is 417 g/mol. The van der Waals surface area contributed by atoms with Crippen LogP contribution in [0.2, 0.25) is 0 Å². The molecule has 1 amide bonds. The van der Waals surface area contributed by atoms with Crippen LogP contribution in [0.25, 0.3) is 0 Å². The highest BCUT2D eigenvalue weighted by Crippen LogP contribution is 2.47. The molecule has 2 aromatic rings. The number of fused-ring (bicyclic) bond motifs is 1. The number of carbonyl (C=O) groups is 1. The Morgan fingerprint density at radius 3 is 2.52 bits per heavy atom. The first kappa shape index (κ1) is 18.5. The molecule has 154 valence electrons. The number of aromatic amines is 1. The Hall–Kier alpha value is -2.52. The number of aromatic nitrogens is 1. The van der Waals surface area contributed by atoms with Gasteiger partial charge in [-0.2, -0.15) is 4.31 Å². The number of nitrogens with one attached hydrogen (secondary N) is 2. The van der Waals surface area contributed by atoms with Crippen LogP contribution >= 0.6 is 0 Å². The molecule has 1 aliphatic carbocycles. The van der Waals surface area contributed by atoms with E-state index in [-0.39, 0.29) is 10.6 Å². The number of ether oxygens (including phenoxy) is 2. The zero-order valence-electron chi connectivity index (χ0n) is 15.9. The third-order valence-corrected chi connectivity index (χ3v) is 7.64. The van der Waals surface area contributed by atoms with Gasteiger partial charge in [0.05, 0.1) is 0 Å². The number of hydrogen-bond donors (Lipinski definition) is 2. The van der Waals surface area contributed by atoms with Crippen LogP contribution in [-0.4, -0.2) is 42.5 Å². The van der Waals surface area contributed by atoms with Crippen LogP contribution in [0, 0.1) is 0 Å². The van der Waals surface area contributed by atoms with E-state index in [1.54, 1.807) is 18.2 Å². The van der Waals surface area contributed by atoms with Gasteiger partial charge in [-0.15, -0.1) is 0 Å². The highest BCUT2D eigenvalue weighted by atomic mass is 32.2. The predicted molar refractivity (Wildman–Crippen MR) is 106 cm³/mol. The molecule has 29 heavy (non-hydrogen) atoms. The number of sulfonamides is 1. The van der Waals surface area contributed by atoms with Crippen molar-refractivity contribution in [1.82, 2.24) is 9.29 Å². The molecule has 1 aromatic heterocycles. The molecule has 3 aliphatic rings. The van der Waals surface area contributed by atoms with Gasteiger partial charge in [-0.05, 0) is 43.9 Å². The lowest BCUT2D eigenvalue weighted by molar-refractivity contribution is -0.0716. The third kappa shape index (κ3) is 3.28. The van der Waals surface area contributed by atoms with E-state index in [0.717, 1.165) is 38.5 Å². The first-order valence-electron chi connectivity index (χ1n) is 9.97. The first-order valence-corrected chi connectivity index (χ1v) is 11.4. The topological polar surface area (TPSA) is 101 Å². The molecule has 2 aliphatic heterocycles. The molecule has 1 spiro atoms. The molecule has 5 rings (SSSR count). The second-order valence-electron chi connectivity index (χ2n) is 7.80. The van der Waals surface area contributed by atoms with E-state index < -0.39 is 21.7 Å². The quantitative estimate of drug-likeness (QED) is 0.796. The van der Waals surface area contributed by atoms with E-state index in [2.05, 4.69) is 10.3 Å². The zero-order valence-corrected chi connectivity index (χ0v) is 16.8. The summed E-state index contributed by atoms with van der Waals surface area (Å²) in [7, 11) is -3.56. The van der Waals surface area contributed by atoms with E-state index in [9.17, 15) is 13.2 Å². The fourth-order valence-corrected chi connectivity index (χ4v) is 5.73. The molecule has 1 saturated heterocycles. The molecule has 1 saturated carbocycles. The van der Waals surface area contributed by atoms with Crippen LogP contribution in [0.4, 0.5) is 5.69 Å². The van der Waals surface area contributed by atoms with Crippen LogP contribution in [0.5, 0.6) is 11.5 Å². The number of hydrogen-bond acceptors (Lipinski definition) is 5. The summed E-state index contributed by atoms with van der Waals surface area (Å²) >= 11 is 0. The van der Waals surface area contributed by atoms with Crippen molar-refractivity contribution in [2.24, 2.45) is 0 Å². The fourth-order valence-electron chi connectivity index (χ4n) is 4.22. The monoisotopic (exact) mass is 417 g/mol. The van der Waals surface area contributed by atoms with Crippen molar-refractivity contribution in [2.75, 3.05) is 18.4 Å². The van der Waals surface area contributed by atoms with Crippen molar-refractivity contribution in [1.29, 1.82) is 0 Å². The summed E-state index contributed by atoms with van der Waals surface area (Å²) in [6.45, 7) is 1.04. The van der Waals surface area contributed by atoms with Crippen LogP contribution in [0.3, 0.4) is 0 Å². The standard InChI is InChI=1S/C20H23N3O5S/c24-19(16-12-15(13-21-16)29(25,26)23-9-3-4-10-23)22-14-5-6-17-18(11-14)28-20(27-17)7-1-2-8-20/h5-6,11-13,21H,1-4,7-10H2,(H,22,24). The minimum Gasteiger partial charge on any atom is -0.448 e. The summed E-state index contributed by atoms with van der Waals surface area (Å²) in [4.78, 5) is 15.5. The lowest BCUT2D eigenvalue weighted by atomic mass is 10.2.